The molecule has 5 heteroatoms. The Kier molecular flexibility index (Phi) is 5.31. The van der Waals surface area contributed by atoms with Crippen LogP contribution in [0.15, 0.2) is 65.8 Å². The van der Waals surface area contributed by atoms with E-state index < -0.39 is 9.84 Å². The molecule has 0 aromatic heterocycles. The van der Waals surface area contributed by atoms with Gasteiger partial charge in [0.25, 0.3) is 0 Å². The molecule has 1 fully saturated rings. The van der Waals surface area contributed by atoms with Crippen LogP contribution in [0.5, 0.6) is 5.75 Å². The maximum Gasteiger partial charge on any atom is 0.179 e. The Labute approximate surface area is 130 Å². The lowest BCUT2D eigenvalue weighted by Gasteiger charge is -2.07. The first-order valence-corrected chi connectivity index (χ1v) is 9.33. The minimum Gasteiger partial charge on any atom is -0.458 e. The summed E-state index contributed by atoms with van der Waals surface area (Å²) in [5, 5.41) is 0.268. The second-order valence-corrected chi connectivity index (χ2v) is 7.96. The highest BCUT2D eigenvalue weighted by Gasteiger charge is 2.29. The summed E-state index contributed by atoms with van der Waals surface area (Å²) in [4.78, 5) is 0.353. The number of hydrogen-bond acceptors (Lipinski definition) is 4. The third-order valence-electron chi connectivity index (χ3n) is 2.91. The Morgan fingerprint density at radius 1 is 1.43 bits per heavy atom. The van der Waals surface area contributed by atoms with E-state index in [0.717, 1.165) is 5.75 Å². The Morgan fingerprint density at radius 3 is 2.62 bits per heavy atom. The summed E-state index contributed by atoms with van der Waals surface area (Å²) in [7, 11) is -3.18. The van der Waals surface area contributed by atoms with Gasteiger partial charge in [-0.05, 0) is 43.3 Å². The minimum absolute atomic E-state index is 0.222. The standard InChI is InChI=1S/C16H18O3S2/c1-3-5-6-13(4-2)19-14-7-9-16(10-8-14)21(17,18)12-15-11-20-15/h3-10,15H,1,11-12H2,2H3/b6-5-,13-4+. The summed E-state index contributed by atoms with van der Waals surface area (Å²) in [6.07, 6.45) is 7.07. The fourth-order valence-corrected chi connectivity index (χ4v) is 4.38. The molecule has 3 nitrogen and oxygen atoms in total. The van der Waals surface area contributed by atoms with Crippen molar-refractivity contribution in [3.63, 3.8) is 0 Å². The first-order valence-electron chi connectivity index (χ1n) is 6.63. The van der Waals surface area contributed by atoms with E-state index in [1.54, 1.807) is 54.3 Å². The molecule has 1 saturated heterocycles. The third-order valence-corrected chi connectivity index (χ3v) is 5.92. The second kappa shape index (κ2) is 7.00. The molecule has 1 aromatic carbocycles. The molecule has 1 aliphatic rings. The Bertz CT molecular complexity index is 651. The van der Waals surface area contributed by atoms with E-state index in [0.29, 0.717) is 16.4 Å². The number of ether oxygens (including phenoxy) is 1. The fourth-order valence-electron chi connectivity index (χ4n) is 1.71. The Balaban J connectivity index is 2.07. The molecule has 0 bridgehead atoms. The smallest absolute Gasteiger partial charge is 0.179 e. The van der Waals surface area contributed by atoms with Crippen LogP contribution in [-0.4, -0.2) is 25.2 Å². The lowest BCUT2D eigenvalue weighted by atomic mass is 10.3. The molecule has 1 unspecified atom stereocenters. The van der Waals surface area contributed by atoms with Crippen LogP contribution in [0.3, 0.4) is 0 Å². The van der Waals surface area contributed by atoms with Gasteiger partial charge in [0.05, 0.1) is 10.6 Å². The third kappa shape index (κ3) is 4.79. The van der Waals surface area contributed by atoms with Crippen LogP contribution in [0.2, 0.25) is 0 Å². The summed E-state index contributed by atoms with van der Waals surface area (Å²) >= 11 is 1.68. The van der Waals surface area contributed by atoms with Crippen molar-refractivity contribution in [2.45, 2.75) is 17.1 Å². The number of allylic oxidation sites excluding steroid dienone is 4. The summed E-state index contributed by atoms with van der Waals surface area (Å²) < 4.78 is 29.9. The first-order chi connectivity index (χ1) is 10.0. The lowest BCUT2D eigenvalue weighted by molar-refractivity contribution is 0.443. The Morgan fingerprint density at radius 2 is 2.10 bits per heavy atom. The maximum absolute atomic E-state index is 12.1. The molecule has 1 heterocycles. The average molecular weight is 322 g/mol. The van der Waals surface area contributed by atoms with Crippen molar-refractivity contribution in [2.24, 2.45) is 0 Å². The van der Waals surface area contributed by atoms with Crippen LogP contribution in [-0.2, 0) is 9.84 Å². The molecular weight excluding hydrogens is 304 g/mol. The van der Waals surface area contributed by atoms with Crippen LogP contribution in [0, 0.1) is 0 Å². The SMILES string of the molecule is C=C/C=C\C(=C/C)Oc1ccc(S(=O)(=O)CC2CS2)cc1. The zero-order chi connectivity index (χ0) is 15.3. The fraction of sp³-hybridized carbons (Fsp3) is 0.250. The van der Waals surface area contributed by atoms with E-state index in [1.165, 1.54) is 0 Å². The summed E-state index contributed by atoms with van der Waals surface area (Å²) in [5.74, 6) is 2.46. The van der Waals surface area contributed by atoms with Gasteiger partial charge in [0, 0.05) is 11.0 Å². The Hall–Kier alpha value is -1.46. The molecule has 112 valence electrons. The maximum atomic E-state index is 12.1. The lowest BCUT2D eigenvalue weighted by Crippen LogP contribution is -2.10. The largest absolute Gasteiger partial charge is 0.458 e. The van der Waals surface area contributed by atoms with Crippen molar-refractivity contribution in [2.75, 3.05) is 11.5 Å². The number of hydrogen-bond donors (Lipinski definition) is 0. The topological polar surface area (TPSA) is 43.4 Å². The highest BCUT2D eigenvalue weighted by atomic mass is 32.2. The van der Waals surface area contributed by atoms with Crippen molar-refractivity contribution in [3.05, 3.63) is 60.9 Å². The normalized spacial score (nSPS) is 18.7. The predicted octanol–water partition coefficient (Wildman–Crippen LogP) is 3.60. The van der Waals surface area contributed by atoms with Gasteiger partial charge in [0.1, 0.15) is 11.5 Å². The van der Waals surface area contributed by atoms with E-state index in [4.69, 9.17) is 4.74 Å². The number of benzene rings is 1. The van der Waals surface area contributed by atoms with E-state index in [-0.39, 0.29) is 11.0 Å². The second-order valence-electron chi connectivity index (χ2n) is 4.60. The molecule has 2 rings (SSSR count). The van der Waals surface area contributed by atoms with Gasteiger partial charge in [-0.15, -0.1) is 0 Å². The zero-order valence-corrected chi connectivity index (χ0v) is 13.5. The molecule has 0 N–H and O–H groups in total. The summed E-state index contributed by atoms with van der Waals surface area (Å²) in [6, 6.07) is 6.56. The van der Waals surface area contributed by atoms with Crippen molar-refractivity contribution in [3.8, 4) is 5.75 Å². The van der Waals surface area contributed by atoms with Gasteiger partial charge in [-0.2, -0.15) is 11.8 Å². The molecule has 0 radical (unpaired) electrons. The predicted molar refractivity (Wildman–Crippen MR) is 88.5 cm³/mol. The highest BCUT2D eigenvalue weighted by Crippen LogP contribution is 2.33. The number of sulfone groups is 1. The van der Waals surface area contributed by atoms with Crippen molar-refractivity contribution in [1.82, 2.24) is 0 Å². The van der Waals surface area contributed by atoms with E-state index in [2.05, 4.69) is 6.58 Å². The van der Waals surface area contributed by atoms with Crippen LogP contribution in [0.4, 0.5) is 0 Å². The van der Waals surface area contributed by atoms with Crippen molar-refractivity contribution >= 4 is 21.6 Å². The molecule has 21 heavy (non-hydrogen) atoms. The van der Waals surface area contributed by atoms with Gasteiger partial charge in [0.15, 0.2) is 9.84 Å². The average Bonchev–Trinajstić information content (AvgIpc) is 3.27. The van der Waals surface area contributed by atoms with Gasteiger partial charge in [0.2, 0.25) is 0 Å². The monoisotopic (exact) mass is 322 g/mol. The molecule has 0 aliphatic carbocycles. The van der Waals surface area contributed by atoms with Crippen molar-refractivity contribution < 1.29 is 13.2 Å². The van der Waals surface area contributed by atoms with Gasteiger partial charge in [-0.3, -0.25) is 0 Å². The molecule has 1 aliphatic heterocycles. The van der Waals surface area contributed by atoms with Gasteiger partial charge >= 0.3 is 0 Å². The molecular formula is C16H18O3S2. The molecule has 1 atom stereocenters. The van der Waals surface area contributed by atoms with Gasteiger partial charge in [-0.25, -0.2) is 8.42 Å². The quantitative estimate of drug-likeness (QED) is 0.437. The van der Waals surface area contributed by atoms with E-state index >= 15 is 0 Å². The van der Waals surface area contributed by atoms with E-state index in [9.17, 15) is 8.42 Å². The number of rotatable bonds is 7. The number of thioether (sulfide) groups is 1. The van der Waals surface area contributed by atoms with Crippen molar-refractivity contribution in [1.29, 1.82) is 0 Å². The van der Waals surface area contributed by atoms with Gasteiger partial charge in [-0.1, -0.05) is 18.7 Å². The van der Waals surface area contributed by atoms with Gasteiger partial charge < -0.3 is 4.74 Å². The van der Waals surface area contributed by atoms with Crippen LogP contribution >= 0.6 is 11.8 Å². The summed E-state index contributed by atoms with van der Waals surface area (Å²) in [6.45, 7) is 5.47. The highest BCUT2D eigenvalue weighted by molar-refractivity contribution is 8.08. The van der Waals surface area contributed by atoms with Crippen LogP contribution in [0.25, 0.3) is 0 Å². The summed E-state index contributed by atoms with van der Waals surface area (Å²) in [5.41, 5.74) is 0. The minimum atomic E-state index is -3.18. The molecule has 0 spiro atoms. The van der Waals surface area contributed by atoms with Crippen LogP contribution in [0.1, 0.15) is 6.92 Å². The first kappa shape index (κ1) is 15.9. The van der Waals surface area contributed by atoms with Crippen LogP contribution < -0.4 is 4.74 Å². The van der Waals surface area contributed by atoms with E-state index in [1.807, 2.05) is 13.0 Å². The molecule has 1 aromatic rings. The molecule has 0 amide bonds. The zero-order valence-electron chi connectivity index (χ0n) is 11.9. The molecule has 0 saturated carbocycles.